The molecule has 128 valence electrons. The average molecular weight is 376 g/mol. The number of benzene rings is 2. The van der Waals surface area contributed by atoms with Crippen molar-refractivity contribution in [3.05, 3.63) is 52.0 Å². The molecule has 0 bridgehead atoms. The zero-order chi connectivity index (χ0) is 17.2. The summed E-state index contributed by atoms with van der Waals surface area (Å²) in [5.74, 6) is 0.749. The third kappa shape index (κ3) is 3.55. The predicted octanol–water partition coefficient (Wildman–Crippen LogP) is 4.01. The van der Waals surface area contributed by atoms with Crippen LogP contribution in [0.2, 0.25) is 5.02 Å². The zero-order valence-electron chi connectivity index (χ0n) is 13.2. The molecule has 7 heteroatoms. The minimum absolute atomic E-state index is 0.112. The van der Waals surface area contributed by atoms with Gasteiger partial charge in [0, 0.05) is 0 Å². The molecular formula is C18H14ClNO4S. The first-order valence-electron chi connectivity index (χ1n) is 7.77. The Labute approximate surface area is 153 Å². The molecule has 0 aliphatic carbocycles. The van der Waals surface area contributed by atoms with Crippen LogP contribution in [0.15, 0.2) is 36.4 Å². The second kappa shape index (κ2) is 6.90. The van der Waals surface area contributed by atoms with Gasteiger partial charge in [-0.1, -0.05) is 23.7 Å². The van der Waals surface area contributed by atoms with Gasteiger partial charge in [0.15, 0.2) is 11.5 Å². The van der Waals surface area contributed by atoms with Gasteiger partial charge in [0.2, 0.25) is 0 Å². The highest BCUT2D eigenvalue weighted by atomic mass is 35.5. The Morgan fingerprint density at radius 3 is 2.96 bits per heavy atom. The van der Waals surface area contributed by atoms with Crippen molar-refractivity contribution in [3.8, 4) is 11.5 Å². The number of halogens is 1. The van der Waals surface area contributed by atoms with Crippen LogP contribution < -0.4 is 9.47 Å². The molecule has 0 unspecified atom stereocenters. The Hall–Kier alpha value is -2.31. The van der Waals surface area contributed by atoms with E-state index in [0.29, 0.717) is 29.7 Å². The lowest BCUT2D eigenvalue weighted by molar-refractivity contribution is -0.144. The minimum atomic E-state index is -0.341. The number of thiazole rings is 1. The van der Waals surface area contributed by atoms with Crippen LogP contribution in [-0.2, 0) is 22.6 Å². The highest BCUT2D eigenvalue weighted by molar-refractivity contribution is 7.18. The van der Waals surface area contributed by atoms with E-state index < -0.39 is 0 Å². The lowest BCUT2D eigenvalue weighted by atomic mass is 10.1. The number of rotatable bonds is 4. The summed E-state index contributed by atoms with van der Waals surface area (Å²) in [5.41, 5.74) is 1.64. The number of carbonyl (C=O) groups excluding carboxylic acids is 1. The Morgan fingerprint density at radius 2 is 2.08 bits per heavy atom. The van der Waals surface area contributed by atoms with Crippen LogP contribution in [0.25, 0.3) is 10.2 Å². The minimum Gasteiger partial charge on any atom is -0.486 e. The number of para-hydroxylation sites is 1. The zero-order valence-corrected chi connectivity index (χ0v) is 14.7. The molecule has 0 saturated carbocycles. The van der Waals surface area contributed by atoms with Crippen molar-refractivity contribution in [1.29, 1.82) is 0 Å². The summed E-state index contributed by atoms with van der Waals surface area (Å²) in [6, 6.07) is 11.3. The molecule has 5 nitrogen and oxygen atoms in total. The van der Waals surface area contributed by atoms with Gasteiger partial charge in [-0.2, -0.15) is 0 Å². The number of nitrogens with zero attached hydrogens (tertiary/aromatic N) is 1. The predicted molar refractivity (Wildman–Crippen MR) is 95.6 cm³/mol. The van der Waals surface area contributed by atoms with Crippen molar-refractivity contribution in [1.82, 2.24) is 4.98 Å². The van der Waals surface area contributed by atoms with E-state index in [1.165, 1.54) is 11.3 Å². The molecule has 1 aliphatic rings. The van der Waals surface area contributed by atoms with E-state index >= 15 is 0 Å². The summed E-state index contributed by atoms with van der Waals surface area (Å²) < 4.78 is 17.4. The molecule has 0 radical (unpaired) electrons. The second-order valence-corrected chi connectivity index (χ2v) is 7.04. The fourth-order valence-electron chi connectivity index (χ4n) is 2.61. The van der Waals surface area contributed by atoms with Crippen LogP contribution in [0.4, 0.5) is 0 Å². The van der Waals surface area contributed by atoms with E-state index in [1.54, 1.807) is 12.1 Å². The molecule has 1 aliphatic heterocycles. The van der Waals surface area contributed by atoms with Crippen LogP contribution in [0.1, 0.15) is 10.6 Å². The van der Waals surface area contributed by atoms with Gasteiger partial charge in [0.1, 0.15) is 24.8 Å². The monoisotopic (exact) mass is 375 g/mol. The Balaban J connectivity index is 1.41. The number of hydrogen-bond donors (Lipinski definition) is 0. The van der Waals surface area contributed by atoms with E-state index in [1.807, 2.05) is 24.3 Å². The fraction of sp³-hybridized carbons (Fsp3) is 0.222. The van der Waals surface area contributed by atoms with Gasteiger partial charge >= 0.3 is 5.97 Å². The summed E-state index contributed by atoms with van der Waals surface area (Å²) in [7, 11) is 0. The molecule has 2 aromatic carbocycles. The Bertz CT molecular complexity index is 907. The normalized spacial score (nSPS) is 13.0. The maximum Gasteiger partial charge on any atom is 0.310 e. The van der Waals surface area contributed by atoms with Crippen molar-refractivity contribution in [3.63, 3.8) is 0 Å². The van der Waals surface area contributed by atoms with Gasteiger partial charge in [-0.25, -0.2) is 4.98 Å². The van der Waals surface area contributed by atoms with Gasteiger partial charge in [-0.05, 0) is 29.8 Å². The third-order valence-electron chi connectivity index (χ3n) is 3.70. The summed E-state index contributed by atoms with van der Waals surface area (Å²) in [6.07, 6.45) is 0.112. The molecule has 0 amide bonds. The first-order chi connectivity index (χ1) is 12.2. The molecular weight excluding hydrogens is 362 g/mol. The van der Waals surface area contributed by atoms with Crippen molar-refractivity contribution in [2.24, 2.45) is 0 Å². The third-order valence-corrected chi connectivity index (χ3v) is 4.99. The Morgan fingerprint density at radius 1 is 1.24 bits per heavy atom. The molecule has 0 N–H and O–H groups in total. The quantitative estimate of drug-likeness (QED) is 0.645. The fourth-order valence-corrected chi connectivity index (χ4v) is 3.78. The summed E-state index contributed by atoms with van der Waals surface area (Å²) in [5, 5.41) is 1.21. The van der Waals surface area contributed by atoms with E-state index in [4.69, 9.17) is 25.8 Å². The number of esters is 1. The highest BCUT2D eigenvalue weighted by Crippen LogP contribution is 2.38. The second-order valence-electron chi connectivity index (χ2n) is 5.51. The highest BCUT2D eigenvalue weighted by Gasteiger charge is 2.18. The van der Waals surface area contributed by atoms with Gasteiger partial charge in [0.25, 0.3) is 0 Å². The SMILES string of the molecule is O=C(Cc1cc(Cl)c2c(c1)OCCO2)OCc1nc2ccccc2s1. The first kappa shape index (κ1) is 16.2. The first-order valence-corrected chi connectivity index (χ1v) is 8.96. The largest absolute Gasteiger partial charge is 0.486 e. The molecule has 0 saturated heterocycles. The van der Waals surface area contributed by atoms with Gasteiger partial charge in [-0.15, -0.1) is 11.3 Å². The van der Waals surface area contributed by atoms with E-state index in [0.717, 1.165) is 20.8 Å². The average Bonchev–Trinajstić information content (AvgIpc) is 3.03. The van der Waals surface area contributed by atoms with Crippen LogP contribution in [0.5, 0.6) is 11.5 Å². The van der Waals surface area contributed by atoms with E-state index in [-0.39, 0.29) is 19.0 Å². The van der Waals surface area contributed by atoms with Crippen molar-refractivity contribution in [2.45, 2.75) is 13.0 Å². The molecule has 0 fully saturated rings. The maximum atomic E-state index is 12.1. The summed E-state index contributed by atoms with van der Waals surface area (Å²) >= 11 is 7.70. The number of ether oxygens (including phenoxy) is 3. The van der Waals surface area contributed by atoms with Gasteiger partial charge < -0.3 is 14.2 Å². The topological polar surface area (TPSA) is 57.7 Å². The van der Waals surface area contributed by atoms with Crippen LogP contribution >= 0.6 is 22.9 Å². The van der Waals surface area contributed by atoms with Gasteiger partial charge in [-0.3, -0.25) is 4.79 Å². The van der Waals surface area contributed by atoms with Gasteiger partial charge in [0.05, 0.1) is 21.7 Å². The number of fused-ring (bicyclic) bond motifs is 2. The molecule has 2 heterocycles. The number of hydrogen-bond acceptors (Lipinski definition) is 6. The molecule has 0 spiro atoms. The van der Waals surface area contributed by atoms with E-state index in [9.17, 15) is 4.79 Å². The molecule has 0 atom stereocenters. The maximum absolute atomic E-state index is 12.1. The molecule has 1 aromatic heterocycles. The lowest BCUT2D eigenvalue weighted by Gasteiger charge is -2.20. The van der Waals surface area contributed by atoms with Crippen LogP contribution in [0.3, 0.4) is 0 Å². The van der Waals surface area contributed by atoms with Crippen LogP contribution in [0, 0.1) is 0 Å². The van der Waals surface area contributed by atoms with E-state index in [2.05, 4.69) is 4.98 Å². The number of carbonyl (C=O) groups is 1. The van der Waals surface area contributed by atoms with Crippen LogP contribution in [-0.4, -0.2) is 24.2 Å². The summed E-state index contributed by atoms with van der Waals surface area (Å²) in [6.45, 7) is 1.10. The standard InChI is InChI=1S/C18H14ClNO4S/c19-12-7-11(8-14-18(12)23-6-5-22-14)9-17(21)24-10-16-20-13-3-1-2-4-15(13)25-16/h1-4,7-8H,5-6,9-10H2. The number of aromatic nitrogens is 1. The molecule has 25 heavy (non-hydrogen) atoms. The lowest BCUT2D eigenvalue weighted by Crippen LogP contribution is -2.16. The van der Waals surface area contributed by atoms with Crippen molar-refractivity contribution >= 4 is 39.1 Å². The Kier molecular flexibility index (Phi) is 4.46. The van der Waals surface area contributed by atoms with Crippen molar-refractivity contribution < 1.29 is 19.0 Å². The smallest absolute Gasteiger partial charge is 0.310 e. The molecule has 3 aromatic rings. The molecule has 4 rings (SSSR count). The van der Waals surface area contributed by atoms with Crippen molar-refractivity contribution in [2.75, 3.05) is 13.2 Å². The summed E-state index contributed by atoms with van der Waals surface area (Å²) in [4.78, 5) is 16.6.